The van der Waals surface area contributed by atoms with Gasteiger partial charge in [-0.3, -0.25) is 4.79 Å². The van der Waals surface area contributed by atoms with Gasteiger partial charge in [-0.1, -0.05) is 53.2 Å². The lowest BCUT2D eigenvalue weighted by Gasteiger charge is -2.72. The summed E-state index contributed by atoms with van der Waals surface area (Å²) in [5.41, 5.74) is -3.99. The van der Waals surface area contributed by atoms with Gasteiger partial charge in [0.05, 0.1) is 50.7 Å². The number of allylic oxidation sites excluding steroid dienone is 2. The Morgan fingerprint density at radius 2 is 1.44 bits per heavy atom. The van der Waals surface area contributed by atoms with Crippen molar-refractivity contribution in [2.75, 3.05) is 33.0 Å². The smallest absolute Gasteiger partial charge is 0.315 e. The molecule has 0 aromatic rings. The summed E-state index contributed by atoms with van der Waals surface area (Å²) < 4.78 is 34.9. The van der Waals surface area contributed by atoms with Crippen molar-refractivity contribution in [3.63, 3.8) is 0 Å². The molecule has 4 saturated carbocycles. The van der Waals surface area contributed by atoms with E-state index in [1.54, 1.807) is 0 Å². The Morgan fingerprint density at radius 3 is 2.09 bits per heavy atom. The van der Waals surface area contributed by atoms with Crippen molar-refractivity contribution < 1.29 is 89.4 Å². The Bertz CT molecular complexity index is 1760. The molecule has 0 bridgehead atoms. The minimum Gasteiger partial charge on any atom is -0.432 e. The number of aliphatic hydroxyl groups excluding tert-OH is 10. The van der Waals surface area contributed by atoms with E-state index in [0.29, 0.717) is 38.5 Å². The number of carbonyl (C=O) groups is 1. The van der Waals surface area contributed by atoms with Gasteiger partial charge in [-0.25, -0.2) is 0 Å². The van der Waals surface area contributed by atoms with Crippen LogP contribution in [0.5, 0.6) is 0 Å². The summed E-state index contributed by atoms with van der Waals surface area (Å²) >= 11 is 0. The van der Waals surface area contributed by atoms with E-state index in [0.717, 1.165) is 19.3 Å². The molecular formula is C46H74O18. The fourth-order valence-corrected chi connectivity index (χ4v) is 14.6. The van der Waals surface area contributed by atoms with Gasteiger partial charge in [0.1, 0.15) is 54.4 Å². The van der Waals surface area contributed by atoms with E-state index in [4.69, 9.17) is 28.4 Å². The number of rotatable bonds is 9. The van der Waals surface area contributed by atoms with Crippen LogP contribution in [0.1, 0.15) is 99.3 Å². The highest BCUT2D eigenvalue weighted by Gasteiger charge is 2.71. The number of ether oxygens (including phenoxy) is 6. The Morgan fingerprint density at radius 1 is 0.750 bits per heavy atom. The fraction of sp³-hybridized carbons (Fsp3) is 0.935. The molecule has 22 atom stereocenters. The zero-order chi connectivity index (χ0) is 46.7. The summed E-state index contributed by atoms with van der Waals surface area (Å²) in [4.78, 5) is 14.5. The first-order valence-corrected chi connectivity index (χ1v) is 23.3. The van der Waals surface area contributed by atoms with Crippen molar-refractivity contribution >= 4 is 5.97 Å². The summed E-state index contributed by atoms with van der Waals surface area (Å²) in [6.45, 7) is 10.5. The van der Waals surface area contributed by atoms with E-state index < -0.39 is 128 Å². The lowest BCUT2D eigenvalue weighted by molar-refractivity contribution is -0.358. The molecule has 8 aliphatic rings. The average molecular weight is 915 g/mol. The van der Waals surface area contributed by atoms with Crippen molar-refractivity contribution in [1.29, 1.82) is 0 Å². The van der Waals surface area contributed by atoms with Gasteiger partial charge in [0.15, 0.2) is 12.6 Å². The molecule has 0 aromatic heterocycles. The Balaban J connectivity index is 1.03. The molecule has 0 amide bonds. The van der Waals surface area contributed by atoms with Gasteiger partial charge < -0.3 is 84.6 Å². The zero-order valence-electron chi connectivity index (χ0n) is 38.0. The number of aliphatic hydroxyl groups is 11. The van der Waals surface area contributed by atoms with E-state index in [-0.39, 0.29) is 47.2 Å². The quantitative estimate of drug-likeness (QED) is 0.0780. The van der Waals surface area contributed by atoms with Crippen LogP contribution in [0.4, 0.5) is 0 Å². The predicted octanol–water partition coefficient (Wildman–Crippen LogP) is -0.636. The second kappa shape index (κ2) is 16.9. The average Bonchev–Trinajstić information content (AvgIpc) is 3.53. The molecular weight excluding hydrogens is 840 g/mol. The number of esters is 1. The first kappa shape index (κ1) is 49.0. The van der Waals surface area contributed by atoms with Crippen molar-refractivity contribution in [1.82, 2.24) is 0 Å². The first-order chi connectivity index (χ1) is 29.9. The van der Waals surface area contributed by atoms with Crippen LogP contribution in [0.25, 0.3) is 0 Å². The fourth-order valence-electron chi connectivity index (χ4n) is 14.6. The summed E-state index contributed by atoms with van der Waals surface area (Å²) in [6.07, 6.45) is -11.1. The minimum atomic E-state index is -2.02. The minimum absolute atomic E-state index is 0.0374. The van der Waals surface area contributed by atoms with Crippen LogP contribution in [0, 0.1) is 50.2 Å². The van der Waals surface area contributed by atoms with E-state index in [1.807, 2.05) is 6.92 Å². The molecule has 18 nitrogen and oxygen atoms in total. The molecule has 64 heavy (non-hydrogen) atoms. The number of hydrogen-bond donors (Lipinski definition) is 11. The Labute approximate surface area is 374 Å². The highest BCUT2D eigenvalue weighted by Crippen LogP contribution is 2.76. The van der Waals surface area contributed by atoms with Crippen molar-refractivity contribution in [2.24, 2.45) is 50.2 Å². The molecule has 3 aliphatic heterocycles. The van der Waals surface area contributed by atoms with Crippen molar-refractivity contribution in [2.45, 2.75) is 185 Å². The van der Waals surface area contributed by atoms with Crippen LogP contribution in [0.15, 0.2) is 11.6 Å². The van der Waals surface area contributed by atoms with Crippen molar-refractivity contribution in [3.8, 4) is 0 Å². The van der Waals surface area contributed by atoms with Crippen LogP contribution in [0.3, 0.4) is 0 Å². The van der Waals surface area contributed by atoms with Gasteiger partial charge in [-0.2, -0.15) is 0 Å². The monoisotopic (exact) mass is 914 g/mol. The normalized spacial score (nSPS) is 54.7. The summed E-state index contributed by atoms with van der Waals surface area (Å²) in [5, 5.41) is 118. The van der Waals surface area contributed by atoms with Crippen LogP contribution in [-0.2, 0) is 33.2 Å². The molecule has 3 saturated heterocycles. The van der Waals surface area contributed by atoms with Crippen LogP contribution in [-0.4, -0.2) is 181 Å². The molecule has 11 N–H and O–H groups in total. The molecule has 0 unspecified atom stereocenters. The van der Waals surface area contributed by atoms with Crippen molar-refractivity contribution in [3.05, 3.63) is 11.6 Å². The summed E-state index contributed by atoms with van der Waals surface area (Å²) in [5.74, 6) is -0.768. The number of fused-ring (bicyclic) bond motifs is 7. The molecule has 3 heterocycles. The maximum absolute atomic E-state index is 14.5. The number of carbonyl (C=O) groups excluding carboxylic acids is 1. The molecule has 7 fully saturated rings. The predicted molar refractivity (Wildman–Crippen MR) is 221 cm³/mol. The van der Waals surface area contributed by atoms with Crippen LogP contribution >= 0.6 is 0 Å². The van der Waals surface area contributed by atoms with E-state index in [1.165, 1.54) is 5.57 Å². The largest absolute Gasteiger partial charge is 0.432 e. The highest BCUT2D eigenvalue weighted by atomic mass is 16.7. The zero-order valence-corrected chi connectivity index (χ0v) is 38.0. The van der Waals surface area contributed by atoms with Gasteiger partial charge in [-0.15, -0.1) is 0 Å². The topological polar surface area (TPSA) is 295 Å². The van der Waals surface area contributed by atoms with E-state index in [9.17, 15) is 61.0 Å². The van der Waals surface area contributed by atoms with E-state index >= 15 is 0 Å². The first-order valence-electron chi connectivity index (χ1n) is 23.3. The van der Waals surface area contributed by atoms with Gasteiger partial charge in [-0.05, 0) is 97.2 Å². The molecule has 0 aromatic carbocycles. The maximum Gasteiger partial charge on any atom is 0.315 e. The third kappa shape index (κ3) is 7.30. The lowest BCUT2D eigenvalue weighted by Crippen LogP contribution is -2.69. The van der Waals surface area contributed by atoms with Crippen LogP contribution in [0.2, 0.25) is 0 Å². The highest BCUT2D eigenvalue weighted by molar-refractivity contribution is 5.79. The molecule has 0 spiro atoms. The van der Waals surface area contributed by atoms with E-state index in [2.05, 4.69) is 40.7 Å². The third-order valence-corrected chi connectivity index (χ3v) is 18.7. The second-order valence-electron chi connectivity index (χ2n) is 22.7. The molecule has 5 aliphatic carbocycles. The Kier molecular flexibility index (Phi) is 13.0. The second-order valence-corrected chi connectivity index (χ2v) is 22.7. The SMILES string of the molecule is CC1(C)CC[C@]2(C(=O)O[C@@H]3OC[C@H](O)[C@H](O)[C@H]3O)CC[C@]3(C)C(=CC[C@@H]4[C@@]5(C)C[C@H](O)[C@H](O[C@@H]6O[C@H](CO)[C@@H](O[C@@H]7OC[C@](O)(CO)[C@H]7O)[C@H](O)[C@H]6O)[C@@](C)(CO)[C@@H]5CC[C@]43C)[C@@H]2C1. The molecule has 8 rings (SSSR count). The lowest BCUT2D eigenvalue weighted by atomic mass is 9.33. The summed E-state index contributed by atoms with van der Waals surface area (Å²) in [7, 11) is 0. The summed E-state index contributed by atoms with van der Waals surface area (Å²) in [6, 6.07) is 0. The van der Waals surface area contributed by atoms with Gasteiger partial charge >= 0.3 is 5.97 Å². The maximum atomic E-state index is 14.5. The van der Waals surface area contributed by atoms with Gasteiger partial charge in [0.25, 0.3) is 0 Å². The molecule has 18 heteroatoms. The van der Waals surface area contributed by atoms with Gasteiger partial charge in [0, 0.05) is 5.41 Å². The molecule has 0 radical (unpaired) electrons. The molecule has 366 valence electrons. The van der Waals surface area contributed by atoms with Gasteiger partial charge in [0.2, 0.25) is 6.29 Å². The standard InChI is InChI=1S/C46H74O18/c1-40(2)11-13-45(39(57)64-36-31(54)29(52)25(51)18-59-36)14-12-43(5)22(23(45)15-40)7-8-28-41(3)16-24(50)35(42(4,19-48)27(41)9-10-44(28,43)6)63-37-32(55)30(53)33(26(17-47)61-37)62-38-34(56)46(58,20-49)21-60-38/h7,23-38,47-56,58H,8-21H2,1-6H3/t23-,24-,25-,26+,27+,28+,29-,30+,31+,32+,33+,34-,35-,36-,37-,38-,41-,42-,43+,44+,45-,46+/m0/s1. The number of hydrogen-bond acceptors (Lipinski definition) is 18. The third-order valence-electron chi connectivity index (χ3n) is 18.7. The Hall–Kier alpha value is -1.43. The van der Waals surface area contributed by atoms with Crippen LogP contribution < -0.4 is 0 Å².